The number of aryl methyl sites for hydroxylation is 1. The zero-order valence-electron chi connectivity index (χ0n) is 12.4. The lowest BCUT2D eigenvalue weighted by Crippen LogP contribution is -2.31. The van der Waals surface area contributed by atoms with Crippen molar-refractivity contribution in [3.05, 3.63) is 59.7 Å². The lowest BCUT2D eigenvalue weighted by molar-refractivity contribution is 0.0774. The predicted octanol–water partition coefficient (Wildman–Crippen LogP) is 2.73. The number of para-hydroxylation sites is 1. The van der Waals surface area contributed by atoms with E-state index >= 15 is 0 Å². The Hall–Kier alpha value is -2.49. The normalized spacial score (nSPS) is 10.2. The van der Waals surface area contributed by atoms with E-state index in [1.54, 1.807) is 18.0 Å². The van der Waals surface area contributed by atoms with Gasteiger partial charge >= 0.3 is 0 Å². The van der Waals surface area contributed by atoms with Crippen LogP contribution in [0.5, 0.6) is 5.75 Å². The first-order valence-corrected chi connectivity index (χ1v) is 6.87. The maximum atomic E-state index is 12.4. The number of rotatable bonds is 5. The number of ether oxygens (including phenoxy) is 1. The Bertz CT molecular complexity index is 611. The number of nitrogens with zero attached hydrogens (tertiary/aromatic N) is 1. The average molecular weight is 284 g/mol. The smallest absolute Gasteiger partial charge is 0.255 e. The Balaban J connectivity index is 1.92. The number of nitrogen functional groups attached to an aromatic ring is 1. The van der Waals surface area contributed by atoms with Gasteiger partial charge in [-0.15, -0.1) is 0 Å². The molecule has 0 spiro atoms. The van der Waals surface area contributed by atoms with E-state index in [0.717, 1.165) is 11.3 Å². The Morgan fingerprint density at radius 2 is 1.90 bits per heavy atom. The van der Waals surface area contributed by atoms with E-state index in [-0.39, 0.29) is 5.91 Å². The quantitative estimate of drug-likeness (QED) is 0.859. The predicted molar refractivity (Wildman–Crippen MR) is 84.5 cm³/mol. The summed E-state index contributed by atoms with van der Waals surface area (Å²) < 4.78 is 5.59. The Morgan fingerprint density at radius 1 is 1.19 bits per heavy atom. The Kier molecular flexibility index (Phi) is 4.82. The van der Waals surface area contributed by atoms with E-state index in [9.17, 15) is 4.79 Å². The zero-order valence-corrected chi connectivity index (χ0v) is 12.4. The highest BCUT2D eigenvalue weighted by atomic mass is 16.5. The molecule has 0 saturated heterocycles. The minimum absolute atomic E-state index is 0.0899. The fraction of sp³-hybridized carbons (Fsp3) is 0.235. The van der Waals surface area contributed by atoms with Crippen molar-refractivity contribution in [1.29, 1.82) is 0 Å². The summed E-state index contributed by atoms with van der Waals surface area (Å²) in [4.78, 5) is 14.0. The van der Waals surface area contributed by atoms with Crippen LogP contribution in [0.25, 0.3) is 0 Å². The second kappa shape index (κ2) is 6.79. The summed E-state index contributed by atoms with van der Waals surface area (Å²) in [6.45, 7) is 2.88. The molecule has 0 unspecified atom stereocenters. The molecule has 0 aliphatic carbocycles. The molecule has 2 aromatic carbocycles. The minimum Gasteiger partial charge on any atom is -0.492 e. The van der Waals surface area contributed by atoms with Gasteiger partial charge in [0.05, 0.1) is 12.1 Å². The third kappa shape index (κ3) is 3.99. The van der Waals surface area contributed by atoms with Crippen LogP contribution in [-0.4, -0.2) is 31.0 Å². The van der Waals surface area contributed by atoms with E-state index in [2.05, 4.69) is 0 Å². The number of likely N-dealkylation sites (N-methyl/N-ethyl adjacent to an activating group) is 1. The van der Waals surface area contributed by atoms with Crippen LogP contribution < -0.4 is 10.5 Å². The van der Waals surface area contributed by atoms with Gasteiger partial charge in [-0.25, -0.2) is 0 Å². The first-order valence-electron chi connectivity index (χ1n) is 6.87. The average Bonchev–Trinajstić information content (AvgIpc) is 2.50. The molecule has 0 radical (unpaired) electrons. The Morgan fingerprint density at radius 3 is 2.62 bits per heavy atom. The molecule has 2 N–H and O–H groups in total. The van der Waals surface area contributed by atoms with Crippen LogP contribution >= 0.6 is 0 Å². The minimum atomic E-state index is -0.0899. The van der Waals surface area contributed by atoms with Crippen molar-refractivity contribution >= 4 is 11.6 Å². The zero-order chi connectivity index (χ0) is 15.2. The molecule has 0 aliphatic rings. The second-order valence-electron chi connectivity index (χ2n) is 4.98. The van der Waals surface area contributed by atoms with Crippen molar-refractivity contribution < 1.29 is 9.53 Å². The molecular formula is C17H20N2O2. The number of amides is 1. The van der Waals surface area contributed by atoms with Crippen molar-refractivity contribution in [3.8, 4) is 5.75 Å². The molecule has 0 bridgehead atoms. The maximum absolute atomic E-state index is 12.4. The highest BCUT2D eigenvalue weighted by Gasteiger charge is 2.14. The molecule has 0 atom stereocenters. The number of anilines is 1. The van der Waals surface area contributed by atoms with E-state index in [0.29, 0.717) is 24.4 Å². The van der Waals surface area contributed by atoms with Gasteiger partial charge in [-0.3, -0.25) is 4.79 Å². The summed E-state index contributed by atoms with van der Waals surface area (Å²) in [5.74, 6) is 0.710. The molecule has 0 heterocycles. The molecule has 4 heteroatoms. The standard InChI is InChI=1S/C17H20N2O2/c1-13-8-9-16(18)15(12-13)17(20)19(2)10-11-21-14-6-4-3-5-7-14/h3-9,12H,10-11,18H2,1-2H3. The van der Waals surface area contributed by atoms with Gasteiger partial charge in [-0.2, -0.15) is 0 Å². The molecule has 2 aromatic rings. The SMILES string of the molecule is Cc1ccc(N)c(C(=O)N(C)CCOc2ccccc2)c1. The highest BCUT2D eigenvalue weighted by Crippen LogP contribution is 2.15. The van der Waals surface area contributed by atoms with Crippen molar-refractivity contribution in [1.82, 2.24) is 4.90 Å². The van der Waals surface area contributed by atoms with Crippen molar-refractivity contribution in [3.63, 3.8) is 0 Å². The van der Waals surface area contributed by atoms with Gasteiger partial charge in [0.15, 0.2) is 0 Å². The number of carbonyl (C=O) groups excluding carboxylic acids is 1. The van der Waals surface area contributed by atoms with Crippen LogP contribution in [0.3, 0.4) is 0 Å². The van der Waals surface area contributed by atoms with E-state index in [1.165, 1.54) is 0 Å². The second-order valence-corrected chi connectivity index (χ2v) is 4.98. The summed E-state index contributed by atoms with van der Waals surface area (Å²) >= 11 is 0. The lowest BCUT2D eigenvalue weighted by Gasteiger charge is -2.18. The molecule has 2 rings (SSSR count). The first kappa shape index (κ1) is 14.9. The van der Waals surface area contributed by atoms with Gasteiger partial charge in [-0.1, -0.05) is 29.8 Å². The Labute approximate surface area is 125 Å². The summed E-state index contributed by atoms with van der Waals surface area (Å²) in [7, 11) is 1.75. The van der Waals surface area contributed by atoms with E-state index in [4.69, 9.17) is 10.5 Å². The number of hydrogen-bond acceptors (Lipinski definition) is 3. The molecule has 21 heavy (non-hydrogen) atoms. The molecule has 110 valence electrons. The summed E-state index contributed by atoms with van der Waals surface area (Å²) in [6.07, 6.45) is 0. The molecule has 1 amide bonds. The molecule has 0 fully saturated rings. The highest BCUT2D eigenvalue weighted by molar-refractivity contribution is 5.99. The summed E-state index contributed by atoms with van der Waals surface area (Å²) in [5, 5.41) is 0. The fourth-order valence-corrected chi connectivity index (χ4v) is 1.98. The van der Waals surface area contributed by atoms with Crippen LogP contribution in [-0.2, 0) is 0 Å². The monoisotopic (exact) mass is 284 g/mol. The summed E-state index contributed by atoms with van der Waals surface area (Å²) in [6, 6.07) is 15.0. The van der Waals surface area contributed by atoms with Crippen molar-refractivity contribution in [2.45, 2.75) is 6.92 Å². The third-order valence-corrected chi connectivity index (χ3v) is 3.22. The van der Waals surface area contributed by atoms with Gasteiger partial charge in [0.1, 0.15) is 12.4 Å². The largest absolute Gasteiger partial charge is 0.492 e. The molecule has 0 aliphatic heterocycles. The molecule has 0 saturated carbocycles. The van der Waals surface area contributed by atoms with Gasteiger partial charge in [0, 0.05) is 12.7 Å². The fourth-order valence-electron chi connectivity index (χ4n) is 1.98. The van der Waals surface area contributed by atoms with Crippen LogP contribution in [0.1, 0.15) is 15.9 Å². The molecular weight excluding hydrogens is 264 g/mol. The summed E-state index contributed by atoms with van der Waals surface area (Å²) in [5.41, 5.74) is 7.92. The van der Waals surface area contributed by atoms with Crippen LogP contribution in [0.15, 0.2) is 48.5 Å². The number of nitrogens with two attached hydrogens (primary N) is 1. The maximum Gasteiger partial charge on any atom is 0.255 e. The molecule has 0 aromatic heterocycles. The van der Waals surface area contributed by atoms with E-state index in [1.807, 2.05) is 49.4 Å². The van der Waals surface area contributed by atoms with Gasteiger partial charge in [0.2, 0.25) is 0 Å². The van der Waals surface area contributed by atoms with Crippen molar-refractivity contribution in [2.24, 2.45) is 0 Å². The third-order valence-electron chi connectivity index (χ3n) is 3.22. The van der Waals surface area contributed by atoms with Crippen LogP contribution in [0, 0.1) is 6.92 Å². The number of hydrogen-bond donors (Lipinski definition) is 1. The molecule has 4 nitrogen and oxygen atoms in total. The van der Waals surface area contributed by atoms with Gasteiger partial charge in [0.25, 0.3) is 5.91 Å². The van der Waals surface area contributed by atoms with Crippen LogP contribution in [0.4, 0.5) is 5.69 Å². The topological polar surface area (TPSA) is 55.6 Å². The van der Waals surface area contributed by atoms with Gasteiger partial charge < -0.3 is 15.4 Å². The van der Waals surface area contributed by atoms with Crippen LogP contribution in [0.2, 0.25) is 0 Å². The lowest BCUT2D eigenvalue weighted by atomic mass is 10.1. The number of benzene rings is 2. The van der Waals surface area contributed by atoms with Gasteiger partial charge in [-0.05, 0) is 31.2 Å². The number of carbonyl (C=O) groups is 1. The van der Waals surface area contributed by atoms with Crippen molar-refractivity contribution in [2.75, 3.05) is 25.9 Å². The van der Waals surface area contributed by atoms with E-state index < -0.39 is 0 Å². The first-order chi connectivity index (χ1) is 10.1.